The number of benzene rings is 1. The number of fused-ring (bicyclic) bond motifs is 1. The molecule has 1 saturated heterocycles. The molecule has 1 aliphatic heterocycles. The number of aromatic nitrogens is 2. The standard InChI is InChI=1S/C11H9BrN4O2/c12-10-7-2-1-6(5-8(7)14-15-10)16-4-3-9(17)13-11(16)18/h1-2,5H,3-4H2,(H,14,15)(H,13,17,18). The lowest BCUT2D eigenvalue weighted by Crippen LogP contribution is -2.49. The Labute approximate surface area is 110 Å². The summed E-state index contributed by atoms with van der Waals surface area (Å²) in [7, 11) is 0. The van der Waals surface area contributed by atoms with Crippen LogP contribution in [-0.2, 0) is 4.79 Å². The number of halogens is 1. The quantitative estimate of drug-likeness (QED) is 0.843. The molecule has 1 fully saturated rings. The van der Waals surface area contributed by atoms with Crippen LogP contribution in [0.15, 0.2) is 22.8 Å². The smallest absolute Gasteiger partial charge is 0.294 e. The van der Waals surface area contributed by atoms with Gasteiger partial charge in [-0.05, 0) is 34.1 Å². The van der Waals surface area contributed by atoms with Crippen LogP contribution in [0.1, 0.15) is 6.42 Å². The van der Waals surface area contributed by atoms with Crippen molar-refractivity contribution in [3.63, 3.8) is 0 Å². The van der Waals surface area contributed by atoms with Crippen molar-refractivity contribution >= 4 is 44.5 Å². The van der Waals surface area contributed by atoms with E-state index < -0.39 is 0 Å². The van der Waals surface area contributed by atoms with Gasteiger partial charge in [-0.2, -0.15) is 5.10 Å². The third kappa shape index (κ3) is 1.76. The molecule has 0 atom stereocenters. The first-order valence-electron chi connectivity index (χ1n) is 5.40. The van der Waals surface area contributed by atoms with Crippen LogP contribution in [-0.4, -0.2) is 28.7 Å². The summed E-state index contributed by atoms with van der Waals surface area (Å²) in [5, 5.41) is 10.2. The maximum absolute atomic E-state index is 11.7. The molecular formula is C11H9BrN4O2. The number of nitrogens with one attached hydrogen (secondary N) is 2. The van der Waals surface area contributed by atoms with Crippen molar-refractivity contribution in [3.8, 4) is 0 Å². The normalized spacial score (nSPS) is 16.2. The highest BCUT2D eigenvalue weighted by Crippen LogP contribution is 2.26. The average molecular weight is 309 g/mol. The Kier molecular flexibility index (Phi) is 2.55. The molecule has 7 heteroatoms. The van der Waals surface area contributed by atoms with Gasteiger partial charge >= 0.3 is 6.03 Å². The van der Waals surface area contributed by atoms with Crippen molar-refractivity contribution in [1.29, 1.82) is 0 Å². The molecule has 2 aromatic rings. The molecule has 1 aromatic carbocycles. The monoisotopic (exact) mass is 308 g/mol. The molecular weight excluding hydrogens is 300 g/mol. The summed E-state index contributed by atoms with van der Waals surface area (Å²) < 4.78 is 0.808. The van der Waals surface area contributed by atoms with E-state index in [-0.39, 0.29) is 11.9 Å². The molecule has 6 nitrogen and oxygen atoms in total. The van der Waals surface area contributed by atoms with E-state index in [0.29, 0.717) is 13.0 Å². The Bertz CT molecular complexity index is 652. The number of carbonyl (C=O) groups is 2. The molecule has 0 unspecified atom stereocenters. The molecule has 1 aliphatic rings. The second kappa shape index (κ2) is 4.09. The Morgan fingerprint density at radius 3 is 2.94 bits per heavy atom. The van der Waals surface area contributed by atoms with Crippen LogP contribution in [0.2, 0.25) is 0 Å². The molecule has 3 rings (SSSR count). The highest BCUT2D eigenvalue weighted by atomic mass is 79.9. The molecule has 1 aromatic heterocycles. The second-order valence-corrected chi connectivity index (χ2v) is 4.79. The Morgan fingerprint density at radius 1 is 1.33 bits per heavy atom. The molecule has 2 N–H and O–H groups in total. The molecule has 2 heterocycles. The van der Waals surface area contributed by atoms with Gasteiger partial charge in [0.25, 0.3) is 0 Å². The van der Waals surface area contributed by atoms with E-state index in [2.05, 4.69) is 31.4 Å². The van der Waals surface area contributed by atoms with Crippen molar-refractivity contribution in [1.82, 2.24) is 15.5 Å². The van der Waals surface area contributed by atoms with E-state index in [1.165, 1.54) is 4.90 Å². The molecule has 0 saturated carbocycles. The Hall–Kier alpha value is -1.89. The van der Waals surface area contributed by atoms with E-state index in [1.807, 2.05) is 18.2 Å². The third-order valence-electron chi connectivity index (χ3n) is 2.86. The number of H-pyrrole nitrogens is 1. The lowest BCUT2D eigenvalue weighted by atomic mass is 10.2. The fourth-order valence-corrected chi connectivity index (χ4v) is 2.37. The van der Waals surface area contributed by atoms with Crippen LogP contribution in [0.25, 0.3) is 10.9 Å². The zero-order valence-electron chi connectivity index (χ0n) is 9.24. The number of amides is 3. The minimum absolute atomic E-state index is 0.236. The number of hydrogen-bond acceptors (Lipinski definition) is 3. The van der Waals surface area contributed by atoms with Crippen LogP contribution in [0.5, 0.6) is 0 Å². The van der Waals surface area contributed by atoms with Crippen LogP contribution in [0.3, 0.4) is 0 Å². The van der Waals surface area contributed by atoms with Gasteiger partial charge in [0.2, 0.25) is 5.91 Å². The minimum Gasteiger partial charge on any atom is -0.294 e. The predicted molar refractivity (Wildman–Crippen MR) is 69.3 cm³/mol. The van der Waals surface area contributed by atoms with Crippen molar-refractivity contribution in [3.05, 3.63) is 22.8 Å². The van der Waals surface area contributed by atoms with Crippen LogP contribution in [0, 0.1) is 0 Å². The van der Waals surface area contributed by atoms with Crippen molar-refractivity contribution in [2.45, 2.75) is 6.42 Å². The van der Waals surface area contributed by atoms with Crippen molar-refractivity contribution < 1.29 is 9.59 Å². The first-order chi connectivity index (χ1) is 8.65. The van der Waals surface area contributed by atoms with Crippen LogP contribution >= 0.6 is 15.9 Å². The van der Waals surface area contributed by atoms with E-state index in [1.54, 1.807) is 0 Å². The number of nitrogens with zero attached hydrogens (tertiary/aromatic N) is 2. The number of hydrogen-bond donors (Lipinski definition) is 2. The van der Waals surface area contributed by atoms with Crippen molar-refractivity contribution in [2.24, 2.45) is 0 Å². The van der Waals surface area contributed by atoms with Gasteiger partial charge < -0.3 is 0 Å². The molecule has 0 bridgehead atoms. The summed E-state index contributed by atoms with van der Waals surface area (Å²) in [5.41, 5.74) is 1.50. The maximum atomic E-state index is 11.7. The van der Waals surface area contributed by atoms with Gasteiger partial charge in [0, 0.05) is 24.0 Å². The second-order valence-electron chi connectivity index (χ2n) is 3.99. The first-order valence-corrected chi connectivity index (χ1v) is 6.19. The lowest BCUT2D eigenvalue weighted by molar-refractivity contribution is -0.120. The summed E-state index contributed by atoms with van der Waals surface area (Å²) in [6, 6.07) is 5.13. The van der Waals surface area contributed by atoms with Gasteiger partial charge in [0.05, 0.1) is 5.52 Å². The topological polar surface area (TPSA) is 78.1 Å². The molecule has 92 valence electrons. The van der Waals surface area contributed by atoms with Gasteiger partial charge in [-0.15, -0.1) is 0 Å². The maximum Gasteiger partial charge on any atom is 0.328 e. The van der Waals surface area contributed by atoms with E-state index in [9.17, 15) is 9.59 Å². The van der Waals surface area contributed by atoms with E-state index >= 15 is 0 Å². The van der Waals surface area contributed by atoms with Crippen LogP contribution in [0.4, 0.5) is 10.5 Å². The summed E-state index contributed by atoms with van der Waals surface area (Å²) in [4.78, 5) is 24.3. The minimum atomic E-state index is -0.389. The lowest BCUT2D eigenvalue weighted by Gasteiger charge is -2.26. The molecule has 0 aliphatic carbocycles. The van der Waals surface area contributed by atoms with Gasteiger partial charge in [-0.25, -0.2) is 4.79 Å². The zero-order chi connectivity index (χ0) is 12.7. The number of imide groups is 1. The van der Waals surface area contributed by atoms with Crippen molar-refractivity contribution in [2.75, 3.05) is 11.4 Å². The number of urea groups is 1. The van der Waals surface area contributed by atoms with Gasteiger partial charge in [0.15, 0.2) is 0 Å². The molecule has 0 radical (unpaired) electrons. The average Bonchev–Trinajstić information content (AvgIpc) is 2.71. The SMILES string of the molecule is O=C1CCN(c2ccc3c(Br)[nH]nc3c2)C(=O)N1. The number of aromatic amines is 1. The van der Waals surface area contributed by atoms with E-state index in [0.717, 1.165) is 21.2 Å². The molecule has 3 amide bonds. The summed E-state index contributed by atoms with van der Waals surface area (Å²) in [6.07, 6.45) is 0.314. The zero-order valence-corrected chi connectivity index (χ0v) is 10.8. The van der Waals surface area contributed by atoms with Crippen LogP contribution < -0.4 is 10.2 Å². The largest absolute Gasteiger partial charge is 0.328 e. The number of carbonyl (C=O) groups excluding carboxylic acids is 2. The fourth-order valence-electron chi connectivity index (χ4n) is 1.95. The molecule has 0 spiro atoms. The fraction of sp³-hybridized carbons (Fsp3) is 0.182. The molecule has 18 heavy (non-hydrogen) atoms. The van der Waals surface area contributed by atoms with Gasteiger partial charge in [0.1, 0.15) is 4.60 Å². The predicted octanol–water partition coefficient (Wildman–Crippen LogP) is 1.77. The first kappa shape index (κ1) is 11.2. The summed E-state index contributed by atoms with van der Waals surface area (Å²) >= 11 is 3.35. The summed E-state index contributed by atoms with van der Waals surface area (Å²) in [5.74, 6) is -0.236. The Balaban J connectivity index is 1.99. The highest BCUT2D eigenvalue weighted by Gasteiger charge is 2.24. The summed E-state index contributed by atoms with van der Waals surface area (Å²) in [6.45, 7) is 0.391. The Morgan fingerprint density at radius 2 is 2.17 bits per heavy atom. The van der Waals surface area contributed by atoms with E-state index in [4.69, 9.17) is 0 Å². The van der Waals surface area contributed by atoms with Gasteiger partial charge in [-0.3, -0.25) is 20.1 Å². The van der Waals surface area contributed by atoms with Gasteiger partial charge in [-0.1, -0.05) is 0 Å². The third-order valence-corrected chi connectivity index (χ3v) is 3.46. The number of rotatable bonds is 1. The highest BCUT2D eigenvalue weighted by molar-refractivity contribution is 9.10. The number of anilines is 1.